The summed E-state index contributed by atoms with van der Waals surface area (Å²) < 4.78 is 0. The number of nitrogens with two attached hydrogens (primary N) is 1. The van der Waals surface area contributed by atoms with E-state index in [-0.39, 0.29) is 6.04 Å². The van der Waals surface area contributed by atoms with Crippen molar-refractivity contribution in [2.45, 2.75) is 39.2 Å². The predicted octanol–water partition coefficient (Wildman–Crippen LogP) is 3.14. The first-order valence-electron chi connectivity index (χ1n) is 5.51. The molecule has 0 bridgehead atoms. The van der Waals surface area contributed by atoms with Crippen LogP contribution < -0.4 is 5.73 Å². The van der Waals surface area contributed by atoms with E-state index in [9.17, 15) is 0 Å². The monoisotopic (exact) mass is 189 g/mol. The van der Waals surface area contributed by atoms with Crippen LogP contribution in [0.15, 0.2) is 18.2 Å². The molecule has 3 unspecified atom stereocenters. The van der Waals surface area contributed by atoms with Crippen molar-refractivity contribution >= 4 is 0 Å². The Hall–Kier alpha value is -0.820. The molecular weight excluding hydrogens is 170 g/mol. The molecule has 1 aliphatic rings. The van der Waals surface area contributed by atoms with Crippen LogP contribution >= 0.6 is 0 Å². The third-order valence-electron chi connectivity index (χ3n) is 3.64. The molecule has 1 aromatic rings. The summed E-state index contributed by atoms with van der Waals surface area (Å²) in [6.45, 7) is 6.66. The van der Waals surface area contributed by atoms with Gasteiger partial charge in [-0.05, 0) is 36.3 Å². The summed E-state index contributed by atoms with van der Waals surface area (Å²) >= 11 is 0. The SMILES string of the molecule is CCC1c2ccc(C)cc2C(N)C1C. The third kappa shape index (κ3) is 1.27. The van der Waals surface area contributed by atoms with Crippen molar-refractivity contribution in [3.05, 3.63) is 34.9 Å². The van der Waals surface area contributed by atoms with Crippen LogP contribution in [0.5, 0.6) is 0 Å². The molecule has 0 spiro atoms. The van der Waals surface area contributed by atoms with Crippen LogP contribution in [0.25, 0.3) is 0 Å². The van der Waals surface area contributed by atoms with Crippen LogP contribution in [0.2, 0.25) is 0 Å². The maximum atomic E-state index is 6.22. The second-order valence-electron chi connectivity index (χ2n) is 4.53. The molecule has 0 aliphatic heterocycles. The maximum Gasteiger partial charge on any atom is 0.0329 e. The first-order valence-corrected chi connectivity index (χ1v) is 5.51. The molecule has 3 atom stereocenters. The standard InChI is InChI=1S/C13H19N/c1-4-10-9(3)13(14)12-7-8(2)5-6-11(10)12/h5-7,9-10,13H,4,14H2,1-3H3. The number of aryl methyl sites for hydroxylation is 1. The predicted molar refractivity (Wildman–Crippen MR) is 60.3 cm³/mol. The molecule has 2 rings (SSSR count). The molecule has 1 aromatic carbocycles. The zero-order valence-corrected chi connectivity index (χ0v) is 9.25. The molecule has 1 nitrogen and oxygen atoms in total. The molecule has 0 saturated heterocycles. The minimum atomic E-state index is 0.245. The lowest BCUT2D eigenvalue weighted by Gasteiger charge is -2.16. The topological polar surface area (TPSA) is 26.0 Å². The lowest BCUT2D eigenvalue weighted by molar-refractivity contribution is 0.421. The molecule has 0 saturated carbocycles. The second-order valence-corrected chi connectivity index (χ2v) is 4.53. The van der Waals surface area contributed by atoms with E-state index in [1.165, 1.54) is 23.1 Å². The highest BCUT2D eigenvalue weighted by Crippen LogP contribution is 2.45. The molecule has 0 heterocycles. The fourth-order valence-electron chi connectivity index (χ4n) is 2.73. The molecule has 0 aromatic heterocycles. The second kappa shape index (κ2) is 3.39. The molecular formula is C13H19N. The number of hydrogen-bond acceptors (Lipinski definition) is 1. The first-order chi connectivity index (χ1) is 6.65. The van der Waals surface area contributed by atoms with Crippen LogP contribution in [0.4, 0.5) is 0 Å². The zero-order chi connectivity index (χ0) is 10.3. The summed E-state index contributed by atoms with van der Waals surface area (Å²) in [6.07, 6.45) is 1.20. The summed E-state index contributed by atoms with van der Waals surface area (Å²) in [5.74, 6) is 1.26. The van der Waals surface area contributed by atoms with Crippen LogP contribution in [0, 0.1) is 12.8 Å². The van der Waals surface area contributed by atoms with E-state index in [0.717, 1.165) is 0 Å². The third-order valence-corrected chi connectivity index (χ3v) is 3.64. The molecule has 0 fully saturated rings. The average Bonchev–Trinajstić information content (AvgIpc) is 2.41. The highest BCUT2D eigenvalue weighted by Gasteiger charge is 2.34. The Labute approximate surface area is 86.3 Å². The zero-order valence-electron chi connectivity index (χ0n) is 9.25. The lowest BCUT2D eigenvalue weighted by Crippen LogP contribution is -2.15. The van der Waals surface area contributed by atoms with Crippen LogP contribution in [-0.4, -0.2) is 0 Å². The Morgan fingerprint density at radius 3 is 2.64 bits per heavy atom. The lowest BCUT2D eigenvalue weighted by atomic mass is 9.90. The highest BCUT2D eigenvalue weighted by atomic mass is 14.7. The molecule has 76 valence electrons. The average molecular weight is 189 g/mol. The van der Waals surface area contributed by atoms with Gasteiger partial charge < -0.3 is 5.73 Å². The first kappa shape index (κ1) is 9.72. The van der Waals surface area contributed by atoms with Crippen molar-refractivity contribution in [1.29, 1.82) is 0 Å². The fourth-order valence-corrected chi connectivity index (χ4v) is 2.73. The summed E-state index contributed by atoms with van der Waals surface area (Å²) in [5.41, 5.74) is 10.4. The van der Waals surface area contributed by atoms with Gasteiger partial charge >= 0.3 is 0 Å². The minimum Gasteiger partial charge on any atom is -0.324 e. The van der Waals surface area contributed by atoms with E-state index in [4.69, 9.17) is 5.73 Å². The van der Waals surface area contributed by atoms with Crippen molar-refractivity contribution in [2.24, 2.45) is 11.7 Å². The quantitative estimate of drug-likeness (QED) is 0.721. The van der Waals surface area contributed by atoms with E-state index in [2.05, 4.69) is 39.0 Å². The number of hydrogen-bond donors (Lipinski definition) is 1. The summed E-state index contributed by atoms with van der Waals surface area (Å²) in [4.78, 5) is 0. The van der Waals surface area contributed by atoms with Crippen LogP contribution in [-0.2, 0) is 0 Å². The summed E-state index contributed by atoms with van der Waals surface area (Å²) in [7, 11) is 0. The Morgan fingerprint density at radius 1 is 1.29 bits per heavy atom. The Morgan fingerprint density at radius 2 is 2.00 bits per heavy atom. The van der Waals surface area contributed by atoms with Gasteiger partial charge in [-0.15, -0.1) is 0 Å². The van der Waals surface area contributed by atoms with Crippen molar-refractivity contribution < 1.29 is 0 Å². The van der Waals surface area contributed by atoms with Crippen molar-refractivity contribution in [1.82, 2.24) is 0 Å². The highest BCUT2D eigenvalue weighted by molar-refractivity contribution is 5.41. The molecule has 1 heteroatoms. The number of rotatable bonds is 1. The fraction of sp³-hybridized carbons (Fsp3) is 0.538. The van der Waals surface area contributed by atoms with Gasteiger partial charge in [-0.2, -0.15) is 0 Å². The maximum absolute atomic E-state index is 6.22. The van der Waals surface area contributed by atoms with E-state index >= 15 is 0 Å². The van der Waals surface area contributed by atoms with Crippen molar-refractivity contribution in [2.75, 3.05) is 0 Å². The van der Waals surface area contributed by atoms with E-state index < -0.39 is 0 Å². The van der Waals surface area contributed by atoms with Gasteiger partial charge in [-0.25, -0.2) is 0 Å². The van der Waals surface area contributed by atoms with Gasteiger partial charge in [0.05, 0.1) is 0 Å². The Balaban J connectivity index is 2.50. The summed E-state index contributed by atoms with van der Waals surface area (Å²) in [5, 5.41) is 0. The van der Waals surface area contributed by atoms with Gasteiger partial charge in [-0.3, -0.25) is 0 Å². The number of fused-ring (bicyclic) bond motifs is 1. The minimum absolute atomic E-state index is 0.245. The molecule has 0 radical (unpaired) electrons. The molecule has 0 amide bonds. The Kier molecular flexibility index (Phi) is 2.36. The smallest absolute Gasteiger partial charge is 0.0329 e. The number of benzene rings is 1. The largest absolute Gasteiger partial charge is 0.324 e. The van der Waals surface area contributed by atoms with Crippen molar-refractivity contribution in [3.8, 4) is 0 Å². The molecule has 2 N–H and O–H groups in total. The normalized spacial score (nSPS) is 30.4. The van der Waals surface area contributed by atoms with E-state index in [1.807, 2.05) is 0 Å². The van der Waals surface area contributed by atoms with Crippen LogP contribution in [0.3, 0.4) is 0 Å². The molecule has 1 aliphatic carbocycles. The van der Waals surface area contributed by atoms with Gasteiger partial charge in [-0.1, -0.05) is 37.6 Å². The van der Waals surface area contributed by atoms with Crippen LogP contribution in [0.1, 0.15) is 48.9 Å². The Bertz CT molecular complexity index is 343. The summed E-state index contributed by atoms with van der Waals surface area (Å²) in [6, 6.07) is 6.97. The van der Waals surface area contributed by atoms with Gasteiger partial charge in [0.25, 0.3) is 0 Å². The van der Waals surface area contributed by atoms with Gasteiger partial charge in [0.15, 0.2) is 0 Å². The molecule has 14 heavy (non-hydrogen) atoms. The van der Waals surface area contributed by atoms with Crippen molar-refractivity contribution in [3.63, 3.8) is 0 Å². The van der Waals surface area contributed by atoms with E-state index in [1.54, 1.807) is 0 Å². The van der Waals surface area contributed by atoms with Gasteiger partial charge in [0.1, 0.15) is 0 Å². The van der Waals surface area contributed by atoms with Gasteiger partial charge in [0.2, 0.25) is 0 Å². The van der Waals surface area contributed by atoms with Gasteiger partial charge in [0, 0.05) is 6.04 Å². The van der Waals surface area contributed by atoms with E-state index in [0.29, 0.717) is 11.8 Å².